The van der Waals surface area contributed by atoms with E-state index in [2.05, 4.69) is 42.4 Å². The van der Waals surface area contributed by atoms with E-state index in [1.54, 1.807) is 6.08 Å². The maximum atomic E-state index is 11.3. The van der Waals surface area contributed by atoms with Crippen molar-refractivity contribution in [2.75, 3.05) is 6.54 Å². The first-order valence-electron chi connectivity index (χ1n) is 5.15. The van der Waals surface area contributed by atoms with E-state index in [1.165, 1.54) is 11.4 Å². The van der Waals surface area contributed by atoms with Gasteiger partial charge in [0.25, 0.3) is 0 Å². The van der Waals surface area contributed by atoms with E-state index in [9.17, 15) is 4.79 Å². The number of aromatic nitrogens is 1. The second-order valence-corrected chi connectivity index (χ2v) is 3.61. The Labute approximate surface area is 90.8 Å². The van der Waals surface area contributed by atoms with Gasteiger partial charge in [-0.15, -0.1) is 6.58 Å². The van der Waals surface area contributed by atoms with Crippen LogP contribution >= 0.6 is 0 Å². The van der Waals surface area contributed by atoms with Crippen molar-refractivity contribution in [2.45, 2.75) is 26.8 Å². The van der Waals surface area contributed by atoms with E-state index in [1.807, 2.05) is 0 Å². The second kappa shape index (κ2) is 5.39. The maximum Gasteiger partial charge on any atom is 0.222 e. The molecule has 0 aliphatic rings. The summed E-state index contributed by atoms with van der Waals surface area (Å²) in [6, 6.07) is 4.13. The lowest BCUT2D eigenvalue weighted by Gasteiger charge is -2.08. The van der Waals surface area contributed by atoms with Crippen LogP contribution in [0, 0.1) is 13.8 Å². The minimum Gasteiger partial charge on any atom is -0.353 e. The normalized spacial score (nSPS) is 10.0. The summed E-state index contributed by atoms with van der Waals surface area (Å²) in [5.41, 5.74) is 2.40. The van der Waals surface area contributed by atoms with E-state index >= 15 is 0 Å². The standard InChI is InChI=1S/C12H18N2O/c1-4-8-13-12(15)7-9-14-10(2)5-6-11(14)3/h4-6H,1,7-9H2,2-3H3,(H,13,15). The van der Waals surface area contributed by atoms with Gasteiger partial charge in [0.15, 0.2) is 0 Å². The van der Waals surface area contributed by atoms with E-state index < -0.39 is 0 Å². The van der Waals surface area contributed by atoms with Gasteiger partial charge in [-0.1, -0.05) is 6.08 Å². The Kier molecular flexibility index (Phi) is 4.16. The quantitative estimate of drug-likeness (QED) is 0.732. The molecule has 0 saturated heterocycles. The number of amides is 1. The monoisotopic (exact) mass is 206 g/mol. The van der Waals surface area contributed by atoms with Crippen LogP contribution in [0.3, 0.4) is 0 Å². The highest BCUT2D eigenvalue weighted by Crippen LogP contribution is 2.07. The Hall–Kier alpha value is -1.51. The molecular formula is C12H18N2O. The van der Waals surface area contributed by atoms with Gasteiger partial charge in [-0.3, -0.25) is 4.79 Å². The van der Waals surface area contributed by atoms with Crippen LogP contribution in [0.4, 0.5) is 0 Å². The first-order chi connectivity index (χ1) is 7.15. The molecule has 1 heterocycles. The molecule has 82 valence electrons. The summed E-state index contributed by atoms with van der Waals surface area (Å²) < 4.78 is 2.15. The maximum absolute atomic E-state index is 11.3. The summed E-state index contributed by atoms with van der Waals surface area (Å²) >= 11 is 0. The van der Waals surface area contributed by atoms with Crippen molar-refractivity contribution in [1.29, 1.82) is 0 Å². The highest BCUT2D eigenvalue weighted by atomic mass is 16.1. The highest BCUT2D eigenvalue weighted by Gasteiger charge is 2.03. The average molecular weight is 206 g/mol. The van der Waals surface area contributed by atoms with Gasteiger partial charge in [0.2, 0.25) is 5.91 Å². The van der Waals surface area contributed by atoms with Crippen molar-refractivity contribution in [3.8, 4) is 0 Å². The van der Waals surface area contributed by atoms with Gasteiger partial charge in [0.05, 0.1) is 0 Å². The lowest BCUT2D eigenvalue weighted by molar-refractivity contribution is -0.121. The zero-order chi connectivity index (χ0) is 11.3. The third-order valence-electron chi connectivity index (χ3n) is 2.42. The van der Waals surface area contributed by atoms with Crippen LogP contribution in [-0.2, 0) is 11.3 Å². The molecule has 3 heteroatoms. The molecule has 1 aromatic heterocycles. The van der Waals surface area contributed by atoms with Gasteiger partial charge in [-0.25, -0.2) is 0 Å². The Balaban J connectivity index is 2.43. The summed E-state index contributed by atoms with van der Waals surface area (Å²) in [5.74, 6) is 0.0717. The fourth-order valence-electron chi connectivity index (χ4n) is 1.54. The molecule has 0 saturated carbocycles. The number of nitrogens with zero attached hydrogens (tertiary/aromatic N) is 1. The number of aryl methyl sites for hydroxylation is 2. The van der Waals surface area contributed by atoms with E-state index in [0.717, 1.165) is 6.54 Å². The van der Waals surface area contributed by atoms with Crippen LogP contribution in [0.1, 0.15) is 17.8 Å². The zero-order valence-corrected chi connectivity index (χ0v) is 9.42. The highest BCUT2D eigenvalue weighted by molar-refractivity contribution is 5.75. The molecule has 0 aliphatic heterocycles. The number of nitrogens with one attached hydrogen (secondary N) is 1. The van der Waals surface area contributed by atoms with Gasteiger partial charge in [0.1, 0.15) is 0 Å². The smallest absolute Gasteiger partial charge is 0.222 e. The molecule has 0 bridgehead atoms. The van der Waals surface area contributed by atoms with Gasteiger partial charge in [-0.2, -0.15) is 0 Å². The van der Waals surface area contributed by atoms with Gasteiger partial charge < -0.3 is 9.88 Å². The summed E-state index contributed by atoms with van der Waals surface area (Å²) in [4.78, 5) is 11.3. The van der Waals surface area contributed by atoms with Crippen molar-refractivity contribution in [1.82, 2.24) is 9.88 Å². The second-order valence-electron chi connectivity index (χ2n) is 3.61. The minimum absolute atomic E-state index is 0.0717. The predicted octanol–water partition coefficient (Wildman–Crippen LogP) is 1.80. The van der Waals surface area contributed by atoms with Crippen molar-refractivity contribution < 1.29 is 4.79 Å². The summed E-state index contributed by atoms with van der Waals surface area (Å²) in [7, 11) is 0. The average Bonchev–Trinajstić information content (AvgIpc) is 2.53. The third-order valence-corrected chi connectivity index (χ3v) is 2.42. The van der Waals surface area contributed by atoms with Gasteiger partial charge in [-0.05, 0) is 26.0 Å². The SMILES string of the molecule is C=CCNC(=O)CCn1c(C)ccc1C. The summed E-state index contributed by atoms with van der Waals surface area (Å²) in [6.45, 7) is 8.94. The molecule has 15 heavy (non-hydrogen) atoms. The number of hydrogen-bond acceptors (Lipinski definition) is 1. The van der Waals surface area contributed by atoms with E-state index in [4.69, 9.17) is 0 Å². The molecule has 1 aromatic rings. The molecule has 0 aliphatic carbocycles. The van der Waals surface area contributed by atoms with Crippen molar-refractivity contribution in [3.05, 3.63) is 36.2 Å². The lowest BCUT2D eigenvalue weighted by atomic mass is 10.3. The topological polar surface area (TPSA) is 34.0 Å². The van der Waals surface area contributed by atoms with Crippen LogP contribution < -0.4 is 5.32 Å². The zero-order valence-electron chi connectivity index (χ0n) is 9.42. The fourth-order valence-corrected chi connectivity index (χ4v) is 1.54. The molecular weight excluding hydrogens is 188 g/mol. The molecule has 1 N–H and O–H groups in total. The molecule has 1 amide bonds. The number of carbonyl (C=O) groups is 1. The van der Waals surface area contributed by atoms with Crippen LogP contribution in [-0.4, -0.2) is 17.0 Å². The Morgan fingerprint density at radius 3 is 2.60 bits per heavy atom. The largest absolute Gasteiger partial charge is 0.353 e. The van der Waals surface area contributed by atoms with Crippen molar-refractivity contribution >= 4 is 5.91 Å². The third kappa shape index (κ3) is 3.27. The molecule has 0 radical (unpaired) electrons. The van der Waals surface area contributed by atoms with Crippen molar-refractivity contribution in [3.63, 3.8) is 0 Å². The molecule has 0 aromatic carbocycles. The van der Waals surface area contributed by atoms with Gasteiger partial charge in [0, 0.05) is 30.9 Å². The van der Waals surface area contributed by atoms with Gasteiger partial charge >= 0.3 is 0 Å². The number of hydrogen-bond donors (Lipinski definition) is 1. The summed E-state index contributed by atoms with van der Waals surface area (Å²) in [5, 5.41) is 2.76. The molecule has 0 atom stereocenters. The number of rotatable bonds is 5. The van der Waals surface area contributed by atoms with Crippen LogP contribution in [0.2, 0.25) is 0 Å². The first kappa shape index (κ1) is 11.6. The Bertz CT molecular complexity index is 333. The Morgan fingerprint density at radius 1 is 1.47 bits per heavy atom. The fraction of sp³-hybridized carbons (Fsp3) is 0.417. The van der Waals surface area contributed by atoms with E-state index in [-0.39, 0.29) is 5.91 Å². The predicted molar refractivity (Wildman–Crippen MR) is 61.7 cm³/mol. The van der Waals surface area contributed by atoms with Crippen LogP contribution in [0.5, 0.6) is 0 Å². The Morgan fingerprint density at radius 2 is 2.07 bits per heavy atom. The lowest BCUT2D eigenvalue weighted by Crippen LogP contribution is -2.24. The molecule has 1 rings (SSSR count). The molecule has 0 fully saturated rings. The summed E-state index contributed by atoms with van der Waals surface area (Å²) in [6.07, 6.45) is 2.20. The van der Waals surface area contributed by atoms with Crippen LogP contribution in [0.15, 0.2) is 24.8 Å². The molecule has 3 nitrogen and oxygen atoms in total. The van der Waals surface area contributed by atoms with Crippen molar-refractivity contribution in [2.24, 2.45) is 0 Å². The minimum atomic E-state index is 0.0717. The number of carbonyl (C=O) groups excluding carboxylic acids is 1. The molecule has 0 spiro atoms. The van der Waals surface area contributed by atoms with E-state index in [0.29, 0.717) is 13.0 Å². The molecule has 0 unspecified atom stereocenters. The first-order valence-corrected chi connectivity index (χ1v) is 5.15. The van der Waals surface area contributed by atoms with Crippen LogP contribution in [0.25, 0.3) is 0 Å².